The molecule has 0 aliphatic rings. The molecule has 1 atom stereocenters. The van der Waals surface area contributed by atoms with Gasteiger partial charge >= 0.3 is 0 Å². The number of carbonyl (C=O) groups excluding carboxylic acids is 1. The molecule has 0 heterocycles. The van der Waals surface area contributed by atoms with Gasteiger partial charge in [-0.2, -0.15) is 0 Å². The average molecular weight is 276 g/mol. The summed E-state index contributed by atoms with van der Waals surface area (Å²) in [5.41, 5.74) is 2.98. The van der Waals surface area contributed by atoms with E-state index in [0.29, 0.717) is 12.6 Å². The zero-order valence-corrected chi connectivity index (χ0v) is 13.3. The van der Waals surface area contributed by atoms with E-state index in [4.69, 9.17) is 0 Å². The Kier molecular flexibility index (Phi) is 7.13. The summed E-state index contributed by atoms with van der Waals surface area (Å²) in [6, 6.07) is 6.32. The van der Waals surface area contributed by atoms with Crippen molar-refractivity contribution in [3.63, 3.8) is 0 Å². The second-order valence-electron chi connectivity index (χ2n) is 5.43. The van der Waals surface area contributed by atoms with Crippen molar-refractivity contribution in [3.8, 4) is 0 Å². The minimum atomic E-state index is -0.00172. The highest BCUT2D eigenvalue weighted by molar-refractivity contribution is 5.94. The Hall–Kier alpha value is -1.51. The van der Waals surface area contributed by atoms with E-state index in [1.54, 1.807) is 0 Å². The van der Waals surface area contributed by atoms with Crippen molar-refractivity contribution < 1.29 is 4.79 Å². The predicted octanol–water partition coefficient (Wildman–Crippen LogP) is 4.13. The minimum Gasteiger partial charge on any atom is -0.382 e. The van der Waals surface area contributed by atoms with Gasteiger partial charge in [0.05, 0.1) is 0 Å². The number of rotatable bonds is 8. The Labute approximate surface area is 123 Å². The number of carbonyl (C=O) groups is 1. The summed E-state index contributed by atoms with van der Waals surface area (Å²) in [4.78, 5) is 11.8. The first-order valence-electron chi connectivity index (χ1n) is 7.73. The first-order valence-corrected chi connectivity index (χ1v) is 7.73. The van der Waals surface area contributed by atoms with Crippen LogP contribution in [0.2, 0.25) is 0 Å². The molecule has 3 heteroatoms. The molecule has 3 nitrogen and oxygen atoms in total. The lowest BCUT2D eigenvalue weighted by Gasteiger charge is -2.17. The van der Waals surface area contributed by atoms with Crippen molar-refractivity contribution in [1.29, 1.82) is 0 Å². The van der Waals surface area contributed by atoms with Crippen LogP contribution in [0.25, 0.3) is 0 Å². The quantitative estimate of drug-likeness (QED) is 0.701. The summed E-state index contributed by atoms with van der Waals surface area (Å²) in [6.07, 6.45) is 5.00. The molecule has 1 aromatic rings. The third kappa shape index (κ3) is 5.24. The number of amides is 1. The maximum Gasteiger partial charge on any atom is 0.251 e. The van der Waals surface area contributed by atoms with E-state index in [-0.39, 0.29) is 5.91 Å². The van der Waals surface area contributed by atoms with Crippen molar-refractivity contribution in [1.82, 2.24) is 5.32 Å². The number of benzene rings is 1. The van der Waals surface area contributed by atoms with Gasteiger partial charge in [0.15, 0.2) is 0 Å². The van der Waals surface area contributed by atoms with E-state index in [9.17, 15) is 4.79 Å². The molecule has 0 fully saturated rings. The smallest absolute Gasteiger partial charge is 0.251 e. The van der Waals surface area contributed by atoms with Crippen molar-refractivity contribution in [2.75, 3.05) is 11.9 Å². The molecule has 1 unspecified atom stereocenters. The highest BCUT2D eigenvalue weighted by Gasteiger charge is 2.08. The summed E-state index contributed by atoms with van der Waals surface area (Å²) < 4.78 is 0. The van der Waals surface area contributed by atoms with Crippen LogP contribution in [0.4, 0.5) is 5.69 Å². The van der Waals surface area contributed by atoms with Crippen molar-refractivity contribution in [3.05, 3.63) is 29.3 Å². The molecule has 0 spiro atoms. The molecule has 0 aromatic heterocycles. The van der Waals surface area contributed by atoms with Crippen LogP contribution in [0.15, 0.2) is 18.2 Å². The second kappa shape index (κ2) is 8.62. The minimum absolute atomic E-state index is 0.00172. The van der Waals surface area contributed by atoms with Crippen LogP contribution in [0.3, 0.4) is 0 Å². The van der Waals surface area contributed by atoms with Crippen molar-refractivity contribution in [2.24, 2.45) is 0 Å². The molecular weight excluding hydrogens is 248 g/mol. The van der Waals surface area contributed by atoms with Crippen LogP contribution >= 0.6 is 0 Å². The monoisotopic (exact) mass is 276 g/mol. The van der Waals surface area contributed by atoms with Gasteiger partial charge < -0.3 is 10.6 Å². The number of nitrogens with one attached hydrogen (secondary N) is 2. The van der Waals surface area contributed by atoms with Gasteiger partial charge in [0.25, 0.3) is 5.91 Å². The molecule has 2 N–H and O–H groups in total. The average Bonchev–Trinajstić information content (AvgIpc) is 2.41. The summed E-state index contributed by atoms with van der Waals surface area (Å²) in [7, 11) is 0. The van der Waals surface area contributed by atoms with E-state index in [0.717, 1.165) is 16.8 Å². The lowest BCUT2D eigenvalue weighted by atomic mass is 10.1. The summed E-state index contributed by atoms with van der Waals surface area (Å²) in [5.74, 6) is -0.00172. The van der Waals surface area contributed by atoms with Gasteiger partial charge in [-0.05, 0) is 51.0 Å². The summed E-state index contributed by atoms with van der Waals surface area (Å²) in [5, 5.41) is 6.36. The summed E-state index contributed by atoms with van der Waals surface area (Å²) in [6.45, 7) is 9.07. The number of aryl methyl sites for hydroxylation is 1. The normalized spacial score (nSPS) is 12.0. The number of hydrogen-bond donors (Lipinski definition) is 2. The largest absolute Gasteiger partial charge is 0.382 e. The Balaban J connectivity index is 2.61. The molecule has 1 rings (SSSR count). The first-order chi connectivity index (χ1) is 9.58. The van der Waals surface area contributed by atoms with Crippen molar-refractivity contribution >= 4 is 11.6 Å². The van der Waals surface area contributed by atoms with Gasteiger partial charge in [-0.25, -0.2) is 0 Å². The standard InChI is InChI=1S/C17H28N2O/c1-5-7-8-9-14(4)19-16-11-10-15(12-13(16)3)17(20)18-6-2/h10-12,14,19H,5-9H2,1-4H3,(H,18,20). The molecule has 0 aliphatic heterocycles. The van der Waals surface area contributed by atoms with Crippen LogP contribution in [0, 0.1) is 6.92 Å². The maximum atomic E-state index is 11.8. The van der Waals surface area contributed by atoms with Gasteiger partial charge in [0, 0.05) is 23.8 Å². The zero-order chi connectivity index (χ0) is 15.0. The Morgan fingerprint density at radius 1 is 1.25 bits per heavy atom. The molecule has 0 radical (unpaired) electrons. The topological polar surface area (TPSA) is 41.1 Å². The van der Waals surface area contributed by atoms with E-state index < -0.39 is 0 Å². The summed E-state index contributed by atoms with van der Waals surface area (Å²) >= 11 is 0. The Bertz CT molecular complexity index is 429. The highest BCUT2D eigenvalue weighted by Crippen LogP contribution is 2.19. The van der Waals surface area contributed by atoms with Gasteiger partial charge in [0.1, 0.15) is 0 Å². The zero-order valence-electron chi connectivity index (χ0n) is 13.3. The van der Waals surface area contributed by atoms with E-state index in [1.807, 2.05) is 32.0 Å². The first kappa shape index (κ1) is 16.5. The fourth-order valence-electron chi connectivity index (χ4n) is 2.27. The molecule has 0 saturated carbocycles. The van der Waals surface area contributed by atoms with E-state index >= 15 is 0 Å². The predicted molar refractivity (Wildman–Crippen MR) is 86.4 cm³/mol. The molecular formula is C17H28N2O. The third-order valence-corrected chi connectivity index (χ3v) is 3.47. The molecule has 1 aromatic carbocycles. The molecule has 1 amide bonds. The van der Waals surface area contributed by atoms with Gasteiger partial charge in [-0.15, -0.1) is 0 Å². The molecule has 112 valence electrons. The van der Waals surface area contributed by atoms with Gasteiger partial charge in [-0.3, -0.25) is 4.79 Å². The fraction of sp³-hybridized carbons (Fsp3) is 0.588. The number of unbranched alkanes of at least 4 members (excludes halogenated alkanes) is 2. The van der Waals surface area contributed by atoms with Crippen LogP contribution in [-0.4, -0.2) is 18.5 Å². The van der Waals surface area contributed by atoms with Crippen LogP contribution in [0.5, 0.6) is 0 Å². The molecule has 20 heavy (non-hydrogen) atoms. The van der Waals surface area contributed by atoms with Crippen LogP contribution in [-0.2, 0) is 0 Å². The van der Waals surface area contributed by atoms with E-state index in [2.05, 4.69) is 24.5 Å². The van der Waals surface area contributed by atoms with Crippen LogP contribution < -0.4 is 10.6 Å². The number of hydrogen-bond acceptors (Lipinski definition) is 2. The highest BCUT2D eigenvalue weighted by atomic mass is 16.1. The Morgan fingerprint density at radius 2 is 2.00 bits per heavy atom. The molecule has 0 bridgehead atoms. The Morgan fingerprint density at radius 3 is 2.60 bits per heavy atom. The second-order valence-corrected chi connectivity index (χ2v) is 5.43. The van der Waals surface area contributed by atoms with Crippen molar-refractivity contribution in [2.45, 2.75) is 59.4 Å². The lowest BCUT2D eigenvalue weighted by Crippen LogP contribution is -2.23. The fourth-order valence-corrected chi connectivity index (χ4v) is 2.27. The maximum absolute atomic E-state index is 11.8. The van der Waals surface area contributed by atoms with Crippen LogP contribution in [0.1, 0.15) is 62.4 Å². The molecule has 0 saturated heterocycles. The van der Waals surface area contributed by atoms with Gasteiger partial charge in [0.2, 0.25) is 0 Å². The number of anilines is 1. The van der Waals surface area contributed by atoms with E-state index in [1.165, 1.54) is 25.7 Å². The lowest BCUT2D eigenvalue weighted by molar-refractivity contribution is 0.0956. The van der Waals surface area contributed by atoms with Gasteiger partial charge in [-0.1, -0.05) is 26.2 Å². The molecule has 0 aliphatic carbocycles. The SMILES string of the molecule is CCCCCC(C)Nc1ccc(C(=O)NCC)cc1C. The third-order valence-electron chi connectivity index (χ3n) is 3.47.